The summed E-state index contributed by atoms with van der Waals surface area (Å²) in [6, 6.07) is 15.4. The van der Waals surface area contributed by atoms with Crippen molar-refractivity contribution >= 4 is 6.29 Å². The van der Waals surface area contributed by atoms with E-state index in [0.29, 0.717) is 77.4 Å². The molecular weight excluding hydrogens is 496 g/mol. The van der Waals surface area contributed by atoms with E-state index in [1.165, 1.54) is 50.5 Å². The first-order valence-electron chi connectivity index (χ1n) is 14.5. The van der Waals surface area contributed by atoms with Gasteiger partial charge in [-0.05, 0) is 54.8 Å². The van der Waals surface area contributed by atoms with Crippen molar-refractivity contribution in [2.45, 2.75) is 58.3 Å². The zero-order valence-electron chi connectivity index (χ0n) is 23.8. The Hall–Kier alpha value is -2.45. The monoisotopic (exact) mass is 544 g/mol. The molecule has 0 heterocycles. The number of unbranched alkanes of at least 4 members (excludes halogenated alkanes) is 6. The fourth-order valence-electron chi connectivity index (χ4n) is 3.88. The lowest BCUT2D eigenvalue weighted by Crippen LogP contribution is -2.14. The number of aldehydes is 1. The van der Waals surface area contributed by atoms with Gasteiger partial charge in [-0.2, -0.15) is 0 Å². The fraction of sp³-hybridized carbons (Fsp3) is 0.594. The molecule has 0 aliphatic carbocycles. The van der Waals surface area contributed by atoms with Gasteiger partial charge in [-0.3, -0.25) is 4.79 Å². The Morgan fingerprint density at radius 2 is 0.923 bits per heavy atom. The maximum atomic E-state index is 10.6. The number of benzene rings is 2. The van der Waals surface area contributed by atoms with E-state index in [2.05, 4.69) is 31.2 Å². The molecule has 2 aromatic rings. The molecule has 0 unspecified atom stereocenters. The van der Waals surface area contributed by atoms with Crippen molar-refractivity contribution in [2.75, 3.05) is 66.1 Å². The van der Waals surface area contributed by atoms with Crippen LogP contribution in [0.5, 0.6) is 11.5 Å². The van der Waals surface area contributed by atoms with Crippen LogP contribution in [-0.4, -0.2) is 72.4 Å². The van der Waals surface area contributed by atoms with Crippen molar-refractivity contribution in [3.05, 3.63) is 59.7 Å². The zero-order chi connectivity index (χ0) is 27.6. The van der Waals surface area contributed by atoms with Crippen LogP contribution in [-0.2, 0) is 25.4 Å². The van der Waals surface area contributed by atoms with Crippen LogP contribution in [0.4, 0.5) is 0 Å². The molecule has 2 aromatic carbocycles. The summed E-state index contributed by atoms with van der Waals surface area (Å²) in [4.78, 5) is 10.6. The van der Waals surface area contributed by atoms with Crippen LogP contribution < -0.4 is 9.47 Å². The third kappa shape index (κ3) is 17.7. The molecule has 0 aliphatic heterocycles. The molecule has 0 spiro atoms. The van der Waals surface area contributed by atoms with E-state index < -0.39 is 0 Å². The van der Waals surface area contributed by atoms with Crippen LogP contribution in [0.15, 0.2) is 48.5 Å². The quantitative estimate of drug-likeness (QED) is 0.101. The van der Waals surface area contributed by atoms with Gasteiger partial charge in [0.25, 0.3) is 0 Å². The average molecular weight is 545 g/mol. The predicted molar refractivity (Wildman–Crippen MR) is 154 cm³/mol. The molecule has 0 radical (unpaired) electrons. The summed E-state index contributed by atoms with van der Waals surface area (Å²) in [5, 5.41) is 0. The lowest BCUT2D eigenvalue weighted by molar-refractivity contribution is -0.00699. The second kappa shape index (κ2) is 23.4. The topological polar surface area (TPSA) is 72.5 Å². The highest BCUT2D eigenvalue weighted by Gasteiger charge is 1.99. The largest absolute Gasteiger partial charge is 0.491 e. The summed E-state index contributed by atoms with van der Waals surface area (Å²) in [5.41, 5.74) is 2.01. The van der Waals surface area contributed by atoms with Gasteiger partial charge in [-0.15, -0.1) is 0 Å². The van der Waals surface area contributed by atoms with Crippen LogP contribution in [0.2, 0.25) is 0 Å². The van der Waals surface area contributed by atoms with E-state index in [4.69, 9.17) is 28.4 Å². The third-order valence-corrected chi connectivity index (χ3v) is 6.12. The lowest BCUT2D eigenvalue weighted by Gasteiger charge is -2.09. The van der Waals surface area contributed by atoms with Crippen molar-refractivity contribution in [3.63, 3.8) is 0 Å². The van der Waals surface area contributed by atoms with Crippen LogP contribution in [0.3, 0.4) is 0 Å². The highest BCUT2D eigenvalue weighted by Crippen LogP contribution is 2.15. The molecule has 0 N–H and O–H groups in total. The standard InChI is InChI=1S/C32H48O7/c1-2-3-4-5-6-7-8-9-29-10-14-31(15-11-29)38-26-24-36-22-20-34-18-19-35-21-23-37-25-27-39-32-16-12-30(28-33)13-17-32/h10-17,28H,2-9,18-27H2,1H3. The molecule has 0 fully saturated rings. The maximum absolute atomic E-state index is 10.6. The average Bonchev–Trinajstić information content (AvgIpc) is 2.97. The minimum atomic E-state index is 0.445. The number of ether oxygens (including phenoxy) is 6. The van der Waals surface area contributed by atoms with Gasteiger partial charge in [0, 0.05) is 5.56 Å². The van der Waals surface area contributed by atoms with Crippen molar-refractivity contribution < 1.29 is 33.2 Å². The van der Waals surface area contributed by atoms with E-state index in [1.807, 2.05) is 0 Å². The summed E-state index contributed by atoms with van der Waals surface area (Å²) in [5.74, 6) is 1.60. The van der Waals surface area contributed by atoms with Gasteiger partial charge < -0.3 is 28.4 Å². The molecule has 218 valence electrons. The van der Waals surface area contributed by atoms with Crippen molar-refractivity contribution in [2.24, 2.45) is 0 Å². The van der Waals surface area contributed by atoms with E-state index in [1.54, 1.807) is 24.3 Å². The highest BCUT2D eigenvalue weighted by atomic mass is 16.6. The SMILES string of the molecule is CCCCCCCCCc1ccc(OCCOCCOCCOCCOCCOc2ccc(C=O)cc2)cc1. The normalized spacial score (nSPS) is 11.0. The first-order valence-corrected chi connectivity index (χ1v) is 14.5. The van der Waals surface area contributed by atoms with Crippen LogP contribution in [0.25, 0.3) is 0 Å². The predicted octanol–water partition coefficient (Wildman–Crippen LogP) is 6.32. The first-order chi connectivity index (χ1) is 19.3. The fourth-order valence-corrected chi connectivity index (χ4v) is 3.88. The van der Waals surface area contributed by atoms with Gasteiger partial charge in [0.2, 0.25) is 0 Å². The third-order valence-electron chi connectivity index (χ3n) is 6.12. The molecule has 7 nitrogen and oxygen atoms in total. The van der Waals surface area contributed by atoms with Gasteiger partial charge in [0.1, 0.15) is 31.0 Å². The Kier molecular flexibility index (Phi) is 19.7. The zero-order valence-corrected chi connectivity index (χ0v) is 23.8. The van der Waals surface area contributed by atoms with Gasteiger partial charge in [-0.25, -0.2) is 0 Å². The van der Waals surface area contributed by atoms with Gasteiger partial charge in [0.15, 0.2) is 0 Å². The Morgan fingerprint density at radius 1 is 0.513 bits per heavy atom. The number of carbonyl (C=O) groups is 1. The summed E-state index contributed by atoms with van der Waals surface area (Å²) in [6.45, 7) is 7.33. The minimum absolute atomic E-state index is 0.445. The summed E-state index contributed by atoms with van der Waals surface area (Å²) in [7, 11) is 0. The highest BCUT2D eigenvalue weighted by molar-refractivity contribution is 5.74. The Bertz CT molecular complexity index is 823. The van der Waals surface area contributed by atoms with E-state index in [9.17, 15) is 4.79 Å². The number of hydrogen-bond acceptors (Lipinski definition) is 7. The van der Waals surface area contributed by atoms with E-state index in [0.717, 1.165) is 18.5 Å². The second-order valence-corrected chi connectivity index (χ2v) is 9.35. The Labute approximate surface area is 235 Å². The molecule has 0 aliphatic rings. The Balaban J connectivity index is 1.30. The molecule has 0 atom stereocenters. The molecule has 7 heteroatoms. The smallest absolute Gasteiger partial charge is 0.150 e. The van der Waals surface area contributed by atoms with Crippen molar-refractivity contribution in [1.82, 2.24) is 0 Å². The molecule has 0 saturated carbocycles. The van der Waals surface area contributed by atoms with Crippen LogP contribution in [0, 0.1) is 0 Å². The number of hydrogen-bond donors (Lipinski definition) is 0. The van der Waals surface area contributed by atoms with Crippen molar-refractivity contribution in [3.8, 4) is 11.5 Å². The number of rotatable bonds is 26. The summed E-state index contributed by atoms with van der Waals surface area (Å²) >= 11 is 0. The summed E-state index contributed by atoms with van der Waals surface area (Å²) < 4.78 is 33.3. The lowest BCUT2D eigenvalue weighted by atomic mass is 10.0. The summed E-state index contributed by atoms with van der Waals surface area (Å²) in [6.07, 6.45) is 11.3. The molecule has 0 saturated heterocycles. The van der Waals surface area contributed by atoms with E-state index >= 15 is 0 Å². The van der Waals surface area contributed by atoms with Crippen LogP contribution in [0.1, 0.15) is 67.8 Å². The van der Waals surface area contributed by atoms with Gasteiger partial charge in [-0.1, -0.05) is 57.6 Å². The second-order valence-electron chi connectivity index (χ2n) is 9.35. The molecule has 0 amide bonds. The van der Waals surface area contributed by atoms with E-state index in [-0.39, 0.29) is 0 Å². The van der Waals surface area contributed by atoms with Gasteiger partial charge in [0.05, 0.1) is 52.9 Å². The molecule has 0 aromatic heterocycles. The number of aryl methyl sites for hydroxylation is 1. The Morgan fingerprint density at radius 3 is 1.38 bits per heavy atom. The molecule has 2 rings (SSSR count). The first kappa shape index (κ1) is 32.8. The molecular formula is C32H48O7. The van der Waals surface area contributed by atoms with Crippen molar-refractivity contribution in [1.29, 1.82) is 0 Å². The number of carbonyl (C=O) groups excluding carboxylic acids is 1. The van der Waals surface area contributed by atoms with Crippen LogP contribution >= 0.6 is 0 Å². The molecule has 0 bridgehead atoms. The minimum Gasteiger partial charge on any atom is -0.491 e. The van der Waals surface area contributed by atoms with Gasteiger partial charge >= 0.3 is 0 Å². The maximum Gasteiger partial charge on any atom is 0.150 e. The molecule has 39 heavy (non-hydrogen) atoms.